The molecule has 2 fully saturated rings. The van der Waals surface area contributed by atoms with Crippen molar-refractivity contribution >= 4 is 0 Å². The van der Waals surface area contributed by atoms with Crippen LogP contribution in [0.1, 0.15) is 30.3 Å². The van der Waals surface area contributed by atoms with Crippen molar-refractivity contribution in [3.63, 3.8) is 0 Å². The van der Waals surface area contributed by atoms with Crippen LogP contribution < -0.4 is 5.43 Å². The van der Waals surface area contributed by atoms with Gasteiger partial charge in [-0.1, -0.05) is 0 Å². The van der Waals surface area contributed by atoms with Crippen molar-refractivity contribution in [3.05, 3.63) is 27.7 Å². The van der Waals surface area contributed by atoms with Crippen LogP contribution in [-0.2, 0) is 6.54 Å². The third kappa shape index (κ3) is 3.19. The molecule has 2 heterocycles. The lowest BCUT2D eigenvalue weighted by Crippen LogP contribution is -2.47. The van der Waals surface area contributed by atoms with Crippen molar-refractivity contribution in [2.45, 2.75) is 32.4 Å². The van der Waals surface area contributed by atoms with Crippen LogP contribution >= 0.6 is 0 Å². The summed E-state index contributed by atoms with van der Waals surface area (Å²) in [6.07, 6.45) is 2.25. The van der Waals surface area contributed by atoms with Crippen LogP contribution in [0.2, 0.25) is 0 Å². The quantitative estimate of drug-likeness (QED) is 0.819. The lowest BCUT2D eigenvalue weighted by atomic mass is 10.2. The molecule has 1 aliphatic heterocycles. The number of β-amino-alcohol motifs (C(OH)–C–C–N with tert-alkyl or cyclic N) is 1. The zero-order valence-corrected chi connectivity index (χ0v) is 13.2. The minimum atomic E-state index is -0.275. The van der Waals surface area contributed by atoms with Crippen LogP contribution in [0.5, 0.6) is 5.75 Å². The number of piperazine rings is 1. The van der Waals surface area contributed by atoms with E-state index in [0.717, 1.165) is 57.0 Å². The summed E-state index contributed by atoms with van der Waals surface area (Å²) in [6.45, 7) is 7.10. The number of aromatic nitrogens is 1. The minimum absolute atomic E-state index is 0.0877. The third-order valence-corrected chi connectivity index (χ3v) is 4.68. The second-order valence-corrected chi connectivity index (χ2v) is 6.39. The molecular formula is C16H25N3O3. The van der Waals surface area contributed by atoms with Gasteiger partial charge in [-0.25, -0.2) is 0 Å². The van der Waals surface area contributed by atoms with Gasteiger partial charge < -0.3 is 14.8 Å². The van der Waals surface area contributed by atoms with Crippen LogP contribution in [0, 0.1) is 6.92 Å². The Hall–Kier alpha value is -1.37. The number of hydrogen-bond acceptors (Lipinski definition) is 5. The van der Waals surface area contributed by atoms with Crippen LogP contribution in [0.25, 0.3) is 0 Å². The Morgan fingerprint density at radius 3 is 2.41 bits per heavy atom. The van der Waals surface area contributed by atoms with Gasteiger partial charge in [0.05, 0.1) is 12.3 Å². The summed E-state index contributed by atoms with van der Waals surface area (Å²) in [5, 5.41) is 19.2. The molecule has 2 N–H and O–H groups in total. The zero-order valence-electron chi connectivity index (χ0n) is 13.2. The average Bonchev–Trinajstić information content (AvgIpc) is 3.31. The minimum Gasteiger partial charge on any atom is -0.503 e. The van der Waals surface area contributed by atoms with Gasteiger partial charge in [-0.05, 0) is 19.8 Å². The molecule has 0 unspecified atom stereocenters. The first-order chi connectivity index (χ1) is 10.6. The molecule has 22 heavy (non-hydrogen) atoms. The van der Waals surface area contributed by atoms with E-state index in [-0.39, 0.29) is 17.8 Å². The zero-order chi connectivity index (χ0) is 15.7. The number of nitrogens with zero attached hydrogens (tertiary/aromatic N) is 3. The Kier molecular flexibility index (Phi) is 4.52. The van der Waals surface area contributed by atoms with E-state index in [9.17, 15) is 9.90 Å². The summed E-state index contributed by atoms with van der Waals surface area (Å²) >= 11 is 0. The number of aromatic hydroxyl groups is 1. The highest BCUT2D eigenvalue weighted by Gasteiger charge is 2.29. The summed E-state index contributed by atoms with van der Waals surface area (Å²) in [7, 11) is 0. The molecule has 0 amide bonds. The van der Waals surface area contributed by atoms with Gasteiger partial charge in [0.15, 0.2) is 5.75 Å². The summed E-state index contributed by atoms with van der Waals surface area (Å²) in [5.41, 5.74) is 1.44. The maximum Gasteiger partial charge on any atom is 0.223 e. The van der Waals surface area contributed by atoms with E-state index in [1.165, 1.54) is 6.07 Å². The molecule has 1 aromatic rings. The van der Waals surface area contributed by atoms with Crippen molar-refractivity contribution in [1.82, 2.24) is 14.4 Å². The number of rotatable bonds is 5. The van der Waals surface area contributed by atoms with Gasteiger partial charge >= 0.3 is 0 Å². The fraction of sp³-hybridized carbons (Fsp3) is 0.688. The van der Waals surface area contributed by atoms with E-state index in [0.29, 0.717) is 12.6 Å². The molecule has 1 saturated heterocycles. The Morgan fingerprint density at radius 1 is 1.18 bits per heavy atom. The van der Waals surface area contributed by atoms with E-state index in [1.807, 2.05) is 6.92 Å². The number of hydrogen-bond donors (Lipinski definition) is 2. The summed E-state index contributed by atoms with van der Waals surface area (Å²) < 4.78 is 2.15. The van der Waals surface area contributed by atoms with Gasteiger partial charge in [0.2, 0.25) is 5.43 Å². The first-order valence-corrected chi connectivity index (χ1v) is 8.09. The molecule has 3 rings (SSSR count). The highest BCUT2D eigenvalue weighted by Crippen LogP contribution is 2.38. The normalized spacial score (nSPS) is 20.5. The summed E-state index contributed by atoms with van der Waals surface area (Å²) in [6, 6.07) is 1.98. The predicted octanol–water partition coefficient (Wildman–Crippen LogP) is 0.307. The molecule has 0 atom stereocenters. The maximum atomic E-state index is 11.9. The summed E-state index contributed by atoms with van der Waals surface area (Å²) in [5.74, 6) is -0.0877. The molecule has 0 radical (unpaired) electrons. The van der Waals surface area contributed by atoms with Crippen LogP contribution in [0.4, 0.5) is 0 Å². The van der Waals surface area contributed by atoms with Crippen molar-refractivity contribution < 1.29 is 10.2 Å². The average molecular weight is 307 g/mol. The molecule has 122 valence electrons. The van der Waals surface area contributed by atoms with Gasteiger partial charge in [0.25, 0.3) is 0 Å². The molecule has 1 aliphatic carbocycles. The van der Waals surface area contributed by atoms with Gasteiger partial charge in [0, 0.05) is 57.1 Å². The Morgan fingerprint density at radius 2 is 1.82 bits per heavy atom. The Balaban J connectivity index is 1.76. The van der Waals surface area contributed by atoms with Gasteiger partial charge in [0.1, 0.15) is 0 Å². The topological polar surface area (TPSA) is 68.9 Å². The Labute approximate surface area is 130 Å². The number of pyridine rings is 1. The highest BCUT2D eigenvalue weighted by molar-refractivity contribution is 5.31. The standard InChI is InChI=1S/C16H25N3O3/c1-12-10-15(21)16(22)14(19(12)13-2-3-13)11-18-6-4-17(5-7-18)8-9-20/h10,13,20,22H,2-9,11H2,1H3. The van der Waals surface area contributed by atoms with Crippen LogP contribution in [-0.4, -0.2) is 63.9 Å². The van der Waals surface area contributed by atoms with Crippen molar-refractivity contribution in [1.29, 1.82) is 0 Å². The van der Waals surface area contributed by atoms with E-state index in [4.69, 9.17) is 5.11 Å². The lowest BCUT2D eigenvalue weighted by Gasteiger charge is -2.35. The molecule has 0 bridgehead atoms. The lowest BCUT2D eigenvalue weighted by molar-refractivity contribution is 0.106. The number of aliphatic hydroxyl groups excluding tert-OH is 1. The SMILES string of the molecule is Cc1cc(=O)c(O)c(CN2CCN(CCO)CC2)n1C1CC1. The van der Waals surface area contributed by atoms with E-state index in [1.54, 1.807) is 0 Å². The maximum absolute atomic E-state index is 11.9. The second kappa shape index (κ2) is 6.40. The second-order valence-electron chi connectivity index (χ2n) is 6.39. The van der Waals surface area contributed by atoms with E-state index in [2.05, 4.69) is 14.4 Å². The summed E-state index contributed by atoms with van der Waals surface area (Å²) in [4.78, 5) is 16.4. The fourth-order valence-electron chi connectivity index (χ4n) is 3.31. The van der Waals surface area contributed by atoms with Gasteiger partial charge in [-0.15, -0.1) is 0 Å². The first kappa shape index (κ1) is 15.5. The molecule has 1 aromatic heterocycles. The largest absolute Gasteiger partial charge is 0.503 e. The smallest absolute Gasteiger partial charge is 0.223 e. The highest BCUT2D eigenvalue weighted by atomic mass is 16.3. The van der Waals surface area contributed by atoms with E-state index >= 15 is 0 Å². The fourth-order valence-corrected chi connectivity index (χ4v) is 3.31. The molecule has 2 aliphatic rings. The van der Waals surface area contributed by atoms with E-state index < -0.39 is 0 Å². The molecular weight excluding hydrogens is 282 g/mol. The van der Waals surface area contributed by atoms with Crippen LogP contribution in [0.3, 0.4) is 0 Å². The number of aliphatic hydroxyl groups is 1. The van der Waals surface area contributed by atoms with Crippen molar-refractivity contribution in [3.8, 4) is 5.75 Å². The Bertz CT molecular complexity index is 587. The molecule has 0 aromatic carbocycles. The molecule has 0 spiro atoms. The third-order valence-electron chi connectivity index (χ3n) is 4.68. The van der Waals surface area contributed by atoms with Crippen molar-refractivity contribution in [2.75, 3.05) is 39.3 Å². The molecule has 1 saturated carbocycles. The predicted molar refractivity (Wildman–Crippen MR) is 84.2 cm³/mol. The molecule has 6 nitrogen and oxygen atoms in total. The molecule has 6 heteroatoms. The number of aryl methyl sites for hydroxylation is 1. The monoisotopic (exact) mass is 307 g/mol. The van der Waals surface area contributed by atoms with Gasteiger partial charge in [-0.3, -0.25) is 14.6 Å². The first-order valence-electron chi connectivity index (χ1n) is 8.09. The van der Waals surface area contributed by atoms with Crippen molar-refractivity contribution in [2.24, 2.45) is 0 Å². The van der Waals surface area contributed by atoms with Gasteiger partial charge in [-0.2, -0.15) is 0 Å². The van der Waals surface area contributed by atoms with Crippen LogP contribution in [0.15, 0.2) is 10.9 Å².